The number of thioether (sulfide) groups is 1. The summed E-state index contributed by atoms with van der Waals surface area (Å²) in [6, 6.07) is 14.5. The van der Waals surface area contributed by atoms with Gasteiger partial charge in [0.2, 0.25) is 0 Å². The van der Waals surface area contributed by atoms with Gasteiger partial charge in [0.25, 0.3) is 0 Å². The Morgan fingerprint density at radius 1 is 0.364 bits per heavy atom. The third-order valence-corrected chi connectivity index (χ3v) is 23.5. The van der Waals surface area contributed by atoms with E-state index in [9.17, 15) is 77.0 Å². The number of carbonyl (C=O) groups excluding carboxylic acids is 15. The van der Waals surface area contributed by atoms with Gasteiger partial charge < -0.3 is 92.4 Å². The molecule has 140 heavy (non-hydrogen) atoms. The molecule has 36 nitrogen and oxygen atoms in total. The number of ether oxygens (including phenoxy) is 13. The number of esters is 12. The number of hydrogen-bond acceptors (Lipinski definition) is 34. The van der Waals surface area contributed by atoms with Gasteiger partial charge in [-0.05, 0) is 245 Å². The molecule has 2 aromatic carbocycles. The molecule has 806 valence electrons. The molecule has 0 fully saturated rings. The summed E-state index contributed by atoms with van der Waals surface area (Å²) < 4.78 is 65.2. The number of carboxylic acids is 2. The Hall–Kier alpha value is -10.1. The number of hydrogen-bond donors (Lipinski definition) is 6. The van der Waals surface area contributed by atoms with Crippen LogP contribution in [0.4, 0.5) is 4.79 Å². The highest BCUT2D eigenvalue weighted by atomic mass is 32.2. The number of carboxylic acid groups (broad SMARTS) is 2. The van der Waals surface area contributed by atoms with Gasteiger partial charge in [0, 0.05) is 24.3 Å². The van der Waals surface area contributed by atoms with E-state index in [0.717, 1.165) is 64.2 Å². The molecule has 0 aliphatic rings. The molecule has 4 unspecified atom stereocenters. The maximum absolute atomic E-state index is 11.8. The number of aliphatic hydroxyl groups excluding tert-OH is 3. The summed E-state index contributed by atoms with van der Waals surface area (Å²) >= 11 is 1.45. The van der Waals surface area contributed by atoms with Gasteiger partial charge in [-0.15, -0.1) is 0 Å². The Bertz CT molecular complexity index is 3860. The predicted octanol–water partition coefficient (Wildman–Crippen LogP) is 17.3. The molecule has 37 heteroatoms. The van der Waals surface area contributed by atoms with Gasteiger partial charge in [0.15, 0.2) is 0 Å². The molecule has 0 saturated heterocycles. The summed E-state index contributed by atoms with van der Waals surface area (Å²) in [5.41, 5.74) is -3.77. The largest absolute Gasteiger partial charge is 0.481 e. The Morgan fingerprint density at radius 2 is 0.707 bits per heavy atom. The van der Waals surface area contributed by atoms with Crippen molar-refractivity contribution in [2.45, 2.75) is 334 Å². The zero-order valence-electron chi connectivity index (χ0n) is 89.1. The summed E-state index contributed by atoms with van der Waals surface area (Å²) in [5.74, 6) is -4.53. The lowest BCUT2D eigenvalue weighted by molar-refractivity contribution is -0.192. The molecule has 0 heterocycles. The van der Waals surface area contributed by atoms with Crippen molar-refractivity contribution in [1.82, 2.24) is 5.32 Å². The lowest BCUT2D eigenvalue weighted by atomic mass is 9.91. The third-order valence-electron chi connectivity index (χ3n) is 22.1. The molecule has 2 aromatic rings. The van der Waals surface area contributed by atoms with Gasteiger partial charge in [-0.2, -0.15) is 21.4 Å². The van der Waals surface area contributed by atoms with Crippen LogP contribution in [0.2, 0.25) is 0 Å². The minimum atomic E-state index is -1.20. The predicted molar refractivity (Wildman–Crippen MR) is 527 cm³/mol. The highest BCUT2D eigenvalue weighted by Crippen LogP contribution is 2.29. The average Bonchev–Trinajstić information content (AvgIpc) is 0.846. The molecule has 0 bridgehead atoms. The minimum absolute atomic E-state index is 0.0322. The van der Waals surface area contributed by atoms with Gasteiger partial charge >= 0.3 is 95.8 Å². The lowest BCUT2D eigenvalue weighted by Crippen LogP contribution is -2.32. The van der Waals surface area contributed by atoms with E-state index < -0.39 is 104 Å². The van der Waals surface area contributed by atoms with E-state index in [2.05, 4.69) is 19.2 Å². The molecular formula is C103H173NO35S. The smallest absolute Gasteiger partial charge is 0.407 e. The number of aliphatic hydroxyl groups is 3. The van der Waals surface area contributed by atoms with Crippen LogP contribution in [0.15, 0.2) is 54.6 Å². The van der Waals surface area contributed by atoms with Crippen LogP contribution in [-0.2, 0) is 124 Å². The molecule has 0 spiro atoms. The summed E-state index contributed by atoms with van der Waals surface area (Å²) in [4.78, 5) is 188. The zero-order chi connectivity index (χ0) is 109. The standard InChI is InChI=1S/C23H43NO6.C18H32O7S.C16H20O6.C15H20O4.C12H22O4.2C9H18O3.CO2/c1-6-9-13-19(7-2)18-30-20(25)14-11-10-12-16-29-22(27)24-15-17-28-21(26)23(4,5)8-3;1-7-17(2,3)16(22)25-11-13(19)10-24-14(20)8-9-26-12-18(4,5)15(21)23-6;1-4-16(2,3)15(20)22-10-9-21-14(19)12-8-6-5-7-11(12)13(17)18;1-4-15(2,3)14(17)19-11-10-18-13(16)12-8-6-5-7-9-12;1-4-12(2,3)11(15)16-9-7-5-6-8-10(13)14;2*1-5-9(3,4)8(11)12-6-7(2)10;2-1-3/h19H,6-18H2,1-5H3,(H,24,27);13,19H,7-12H2,1-6H3;5-8H,4,9-10H2,1-3H3,(H,17,18);5-9H,4,10-11H2,1-3H3;4-9H2,1-3H3,(H,13,14);2*7,10H,5-6H2,1-4H3;. The number of amides is 1. The van der Waals surface area contributed by atoms with Crippen LogP contribution in [0.5, 0.6) is 0 Å². The molecule has 2 rings (SSSR count). The van der Waals surface area contributed by atoms with E-state index in [4.69, 9.17) is 91.6 Å². The number of rotatable bonds is 58. The first-order valence-electron chi connectivity index (χ1n) is 48.2. The molecule has 0 radical (unpaired) electrons. The zero-order valence-corrected chi connectivity index (χ0v) is 90.0. The van der Waals surface area contributed by atoms with Crippen LogP contribution < -0.4 is 5.32 Å². The van der Waals surface area contributed by atoms with Crippen LogP contribution >= 0.6 is 11.8 Å². The Balaban J connectivity index is -0.000000380. The number of aliphatic carboxylic acids is 1. The molecule has 4 atom stereocenters. The Morgan fingerprint density at radius 3 is 1.09 bits per heavy atom. The van der Waals surface area contributed by atoms with Crippen LogP contribution in [0.25, 0.3) is 0 Å². The maximum Gasteiger partial charge on any atom is 0.407 e. The van der Waals surface area contributed by atoms with Crippen molar-refractivity contribution in [1.29, 1.82) is 0 Å². The second kappa shape index (κ2) is 78.5. The first-order chi connectivity index (χ1) is 65.1. The molecule has 0 aliphatic carbocycles. The van der Waals surface area contributed by atoms with Crippen molar-refractivity contribution < 1.29 is 169 Å². The number of alkyl carbamates (subject to hydrolysis) is 1. The first-order valence-corrected chi connectivity index (χ1v) is 49.3. The van der Waals surface area contributed by atoms with Crippen molar-refractivity contribution in [2.24, 2.45) is 49.2 Å². The van der Waals surface area contributed by atoms with Gasteiger partial charge in [-0.3, -0.25) is 52.7 Å². The molecule has 0 aliphatic heterocycles. The van der Waals surface area contributed by atoms with Crippen LogP contribution in [0, 0.1) is 49.2 Å². The molecule has 6 N–H and O–H groups in total. The fourth-order valence-corrected chi connectivity index (χ4v) is 10.2. The second-order valence-corrected chi connectivity index (χ2v) is 39.1. The summed E-state index contributed by atoms with van der Waals surface area (Å²) in [5, 5.41) is 47.4. The first kappa shape index (κ1) is 141. The summed E-state index contributed by atoms with van der Waals surface area (Å²) in [6.45, 7) is 51.1. The van der Waals surface area contributed by atoms with Gasteiger partial charge in [0.05, 0.1) is 112 Å². The Labute approximate surface area is 836 Å². The molecule has 0 aromatic heterocycles. The normalized spacial score (nSPS) is 12.0. The number of unbranched alkanes of at least 4 members (excludes halogenated alkanes) is 5. The van der Waals surface area contributed by atoms with E-state index in [0.29, 0.717) is 87.8 Å². The Kier molecular flexibility index (Phi) is 78.8. The lowest BCUT2D eigenvalue weighted by Gasteiger charge is -2.21. The van der Waals surface area contributed by atoms with Gasteiger partial charge in [-0.1, -0.05) is 112 Å². The number of carbonyl (C=O) groups is 15. The number of nitrogens with one attached hydrogen (secondary N) is 1. The van der Waals surface area contributed by atoms with Gasteiger partial charge in [0.1, 0.15) is 65.6 Å². The van der Waals surface area contributed by atoms with E-state index in [1.807, 2.05) is 124 Å². The summed E-state index contributed by atoms with van der Waals surface area (Å²) in [7, 11) is 1.35. The van der Waals surface area contributed by atoms with Crippen molar-refractivity contribution in [3.8, 4) is 0 Å². The van der Waals surface area contributed by atoms with Crippen LogP contribution in [-0.4, -0.2) is 244 Å². The summed E-state index contributed by atoms with van der Waals surface area (Å²) in [6.07, 6.45) is 12.0. The van der Waals surface area contributed by atoms with E-state index in [1.165, 1.54) is 43.5 Å². The topological polar surface area (TPSA) is 523 Å². The monoisotopic (exact) mass is 2020 g/mol. The van der Waals surface area contributed by atoms with E-state index >= 15 is 0 Å². The fraction of sp³-hybridized carbons (Fsp3) is 0.728. The number of aromatic carboxylic acids is 1. The quantitative estimate of drug-likeness (QED) is 0.0203. The van der Waals surface area contributed by atoms with Gasteiger partial charge in [-0.25, -0.2) is 19.2 Å². The molecule has 1 amide bonds. The van der Waals surface area contributed by atoms with Crippen LogP contribution in [0.3, 0.4) is 0 Å². The molecular weight excluding hydrogens is 1840 g/mol. The van der Waals surface area contributed by atoms with E-state index in [-0.39, 0.29) is 144 Å². The van der Waals surface area contributed by atoms with Crippen LogP contribution in [0.1, 0.15) is 346 Å². The second-order valence-electron chi connectivity index (χ2n) is 38.0. The van der Waals surface area contributed by atoms with Crippen molar-refractivity contribution in [2.75, 3.05) is 104 Å². The third kappa shape index (κ3) is 71.4. The molecule has 0 saturated carbocycles. The average molecular weight is 2020 g/mol. The van der Waals surface area contributed by atoms with E-state index in [1.54, 1.807) is 85.7 Å². The highest BCUT2D eigenvalue weighted by Gasteiger charge is 2.34. The number of methoxy groups -OCH3 is 1. The maximum atomic E-state index is 11.8. The SMILES string of the molecule is CCC(C)(C)C(=O)OCC(C)O.CCC(C)(C)C(=O)OCC(C)O.CCC(C)(C)C(=O)OCC(O)COC(=O)CCSCC(C)(C)C(=O)OC.CCC(C)(C)C(=O)OCCCCCC(=O)O.CCC(C)(C)C(=O)OCCOC(=O)c1ccccc1.CCC(C)(C)C(=O)OCCOC(=O)c1ccccc1C(=O)O.CCCCC(CC)COC(=O)CCCCCOC(=O)NCCOC(=O)C(C)(C)CC.O=C=O. The van der Waals surface area contributed by atoms with Crippen molar-refractivity contribution in [3.05, 3.63) is 71.3 Å². The van der Waals surface area contributed by atoms with Crippen molar-refractivity contribution >= 4 is 108 Å². The highest BCUT2D eigenvalue weighted by molar-refractivity contribution is 7.99. The minimum Gasteiger partial charge on any atom is -0.481 e. The number of benzene rings is 2. The van der Waals surface area contributed by atoms with Crippen molar-refractivity contribution in [3.63, 3.8) is 0 Å². The fourth-order valence-electron chi connectivity index (χ4n) is 9.15.